The third-order valence-corrected chi connectivity index (χ3v) is 4.38. The van der Waals surface area contributed by atoms with E-state index in [-0.39, 0.29) is 30.0 Å². The number of rotatable bonds is 8. The smallest absolute Gasteiger partial charge is 0.287 e. The van der Waals surface area contributed by atoms with Crippen molar-refractivity contribution in [3.05, 3.63) is 84.1 Å². The van der Waals surface area contributed by atoms with Crippen LogP contribution in [-0.4, -0.2) is 17.9 Å². The van der Waals surface area contributed by atoms with Crippen molar-refractivity contribution < 1.29 is 23.1 Å². The first-order chi connectivity index (χ1) is 14.4. The first-order valence-corrected chi connectivity index (χ1v) is 9.55. The number of hydrogen-bond acceptors (Lipinski definition) is 4. The normalized spacial score (nSPS) is 11.7. The predicted octanol–water partition coefficient (Wildman–Crippen LogP) is 4.39. The number of nitrogens with one attached hydrogen (secondary N) is 2. The molecule has 3 rings (SSSR count). The fourth-order valence-corrected chi connectivity index (χ4v) is 2.84. The number of hydrogen-bond donors (Lipinski definition) is 2. The van der Waals surface area contributed by atoms with Crippen molar-refractivity contribution in [1.29, 1.82) is 0 Å². The molecular formula is C23H23FN2O4. The molecule has 0 aliphatic heterocycles. The number of amides is 2. The van der Waals surface area contributed by atoms with Crippen molar-refractivity contribution in [2.75, 3.05) is 5.32 Å². The number of furan rings is 1. The van der Waals surface area contributed by atoms with Crippen molar-refractivity contribution in [2.45, 2.75) is 26.5 Å². The standard InChI is InChI=1S/C23H23FN2O4/c1-15(2)21(26-22(27)20-10-5-11-29-20)23(28)25-18-8-3-6-16(12-18)14-30-19-9-4-7-17(24)13-19/h3-13,15,21H,14H2,1-2H3,(H,25,28)(H,26,27)/t21-/m1/s1. The molecule has 2 amide bonds. The average molecular weight is 410 g/mol. The molecule has 0 fully saturated rings. The van der Waals surface area contributed by atoms with Crippen molar-refractivity contribution >= 4 is 17.5 Å². The number of benzene rings is 2. The minimum atomic E-state index is -0.741. The SMILES string of the molecule is CC(C)[C@@H](NC(=O)c1ccco1)C(=O)Nc1cccc(COc2cccc(F)c2)c1. The van der Waals surface area contributed by atoms with Crippen LogP contribution in [0, 0.1) is 11.7 Å². The van der Waals surface area contributed by atoms with Gasteiger partial charge >= 0.3 is 0 Å². The summed E-state index contributed by atoms with van der Waals surface area (Å²) >= 11 is 0. The van der Waals surface area contributed by atoms with Gasteiger partial charge in [0.05, 0.1) is 6.26 Å². The Bertz CT molecular complexity index is 1000. The van der Waals surface area contributed by atoms with Gasteiger partial charge in [-0.15, -0.1) is 0 Å². The van der Waals surface area contributed by atoms with E-state index in [1.165, 1.54) is 24.5 Å². The van der Waals surface area contributed by atoms with Gasteiger partial charge in [-0.1, -0.05) is 32.0 Å². The molecule has 30 heavy (non-hydrogen) atoms. The van der Waals surface area contributed by atoms with Crippen LogP contribution in [0.3, 0.4) is 0 Å². The van der Waals surface area contributed by atoms with E-state index in [4.69, 9.17) is 9.15 Å². The Morgan fingerprint density at radius 3 is 2.57 bits per heavy atom. The molecule has 156 valence electrons. The molecule has 3 aromatic rings. The van der Waals surface area contributed by atoms with Gasteiger partial charge in [0.1, 0.15) is 24.2 Å². The zero-order chi connectivity index (χ0) is 21.5. The zero-order valence-corrected chi connectivity index (χ0v) is 16.7. The van der Waals surface area contributed by atoms with Crippen LogP contribution in [0.2, 0.25) is 0 Å². The van der Waals surface area contributed by atoms with Crippen LogP contribution < -0.4 is 15.4 Å². The Labute approximate surface area is 174 Å². The lowest BCUT2D eigenvalue weighted by Crippen LogP contribution is -2.47. The topological polar surface area (TPSA) is 80.6 Å². The number of anilines is 1. The van der Waals surface area contributed by atoms with Crippen molar-refractivity contribution in [3.8, 4) is 5.75 Å². The van der Waals surface area contributed by atoms with Gasteiger partial charge in [-0.05, 0) is 47.9 Å². The third-order valence-electron chi connectivity index (χ3n) is 4.38. The van der Waals surface area contributed by atoms with E-state index in [0.29, 0.717) is 11.4 Å². The van der Waals surface area contributed by atoms with E-state index in [1.807, 2.05) is 19.9 Å². The summed E-state index contributed by atoms with van der Waals surface area (Å²) in [6.07, 6.45) is 1.40. The fraction of sp³-hybridized carbons (Fsp3) is 0.217. The molecular weight excluding hydrogens is 387 g/mol. The molecule has 0 aliphatic rings. The molecule has 0 radical (unpaired) electrons. The summed E-state index contributed by atoms with van der Waals surface area (Å²) in [4.78, 5) is 25.0. The Morgan fingerprint density at radius 2 is 1.87 bits per heavy atom. The molecule has 0 aliphatic carbocycles. The molecule has 0 bridgehead atoms. The zero-order valence-electron chi connectivity index (χ0n) is 16.7. The lowest BCUT2D eigenvalue weighted by molar-refractivity contribution is -0.118. The van der Waals surface area contributed by atoms with Crippen molar-refractivity contribution in [2.24, 2.45) is 5.92 Å². The molecule has 0 saturated heterocycles. The second-order valence-electron chi connectivity index (χ2n) is 7.11. The lowest BCUT2D eigenvalue weighted by Gasteiger charge is -2.21. The van der Waals surface area contributed by atoms with Gasteiger partial charge in [0.2, 0.25) is 5.91 Å². The highest BCUT2D eigenvalue weighted by molar-refractivity contribution is 6.00. The van der Waals surface area contributed by atoms with Crippen LogP contribution in [-0.2, 0) is 11.4 Å². The third kappa shape index (κ3) is 5.70. The largest absolute Gasteiger partial charge is 0.489 e. The minimum absolute atomic E-state index is 0.136. The molecule has 1 heterocycles. The Hall–Kier alpha value is -3.61. The molecule has 2 aromatic carbocycles. The van der Waals surface area contributed by atoms with Gasteiger partial charge in [-0.25, -0.2) is 4.39 Å². The maximum Gasteiger partial charge on any atom is 0.287 e. The van der Waals surface area contributed by atoms with Gasteiger partial charge < -0.3 is 19.8 Å². The predicted molar refractivity (Wildman–Crippen MR) is 111 cm³/mol. The van der Waals surface area contributed by atoms with Gasteiger partial charge in [0, 0.05) is 11.8 Å². The van der Waals surface area contributed by atoms with Crippen molar-refractivity contribution in [1.82, 2.24) is 5.32 Å². The maximum absolute atomic E-state index is 13.3. The summed E-state index contributed by atoms with van der Waals surface area (Å²) in [5.41, 5.74) is 1.37. The second-order valence-corrected chi connectivity index (χ2v) is 7.11. The van der Waals surface area contributed by atoms with Gasteiger partial charge in [-0.2, -0.15) is 0 Å². The fourth-order valence-electron chi connectivity index (χ4n) is 2.84. The van der Waals surface area contributed by atoms with E-state index in [9.17, 15) is 14.0 Å². The Kier molecular flexibility index (Phi) is 6.85. The second kappa shape index (κ2) is 9.73. The Morgan fingerprint density at radius 1 is 1.07 bits per heavy atom. The van der Waals surface area contributed by atoms with Crippen LogP contribution >= 0.6 is 0 Å². The number of carbonyl (C=O) groups excluding carboxylic acids is 2. The average Bonchev–Trinajstić information content (AvgIpc) is 3.25. The highest BCUT2D eigenvalue weighted by atomic mass is 19.1. The summed E-state index contributed by atoms with van der Waals surface area (Å²) < 4.78 is 23.9. The molecule has 6 nitrogen and oxygen atoms in total. The number of carbonyl (C=O) groups is 2. The van der Waals surface area contributed by atoms with Gasteiger partial charge in [-0.3, -0.25) is 9.59 Å². The summed E-state index contributed by atoms with van der Waals surface area (Å²) in [5, 5.41) is 5.52. The van der Waals surface area contributed by atoms with E-state index in [0.717, 1.165) is 5.56 Å². The summed E-state index contributed by atoms with van der Waals surface area (Å²) in [5.74, 6) is -0.734. The van der Waals surface area contributed by atoms with Crippen LogP contribution in [0.1, 0.15) is 30.0 Å². The first kappa shape index (κ1) is 21.1. The minimum Gasteiger partial charge on any atom is -0.489 e. The molecule has 0 unspecified atom stereocenters. The van der Waals surface area contributed by atoms with Crippen molar-refractivity contribution in [3.63, 3.8) is 0 Å². The van der Waals surface area contributed by atoms with Crippen LogP contribution in [0.25, 0.3) is 0 Å². The maximum atomic E-state index is 13.3. The highest BCUT2D eigenvalue weighted by Crippen LogP contribution is 2.17. The van der Waals surface area contributed by atoms with Gasteiger partial charge in [0.25, 0.3) is 5.91 Å². The van der Waals surface area contributed by atoms with E-state index >= 15 is 0 Å². The molecule has 1 aromatic heterocycles. The van der Waals surface area contributed by atoms with Crippen LogP contribution in [0.5, 0.6) is 5.75 Å². The van der Waals surface area contributed by atoms with E-state index in [2.05, 4.69) is 10.6 Å². The van der Waals surface area contributed by atoms with Crippen LogP contribution in [0.15, 0.2) is 71.3 Å². The highest BCUT2D eigenvalue weighted by Gasteiger charge is 2.25. The monoisotopic (exact) mass is 410 g/mol. The van der Waals surface area contributed by atoms with Gasteiger partial charge in [0.15, 0.2) is 5.76 Å². The summed E-state index contributed by atoms with van der Waals surface area (Å²) in [6.45, 7) is 3.90. The van der Waals surface area contributed by atoms with E-state index in [1.54, 1.807) is 36.4 Å². The van der Waals surface area contributed by atoms with E-state index < -0.39 is 11.9 Å². The number of halogens is 1. The lowest BCUT2D eigenvalue weighted by atomic mass is 10.0. The molecule has 0 spiro atoms. The quantitative estimate of drug-likeness (QED) is 0.577. The number of ether oxygens (including phenoxy) is 1. The molecule has 1 atom stereocenters. The first-order valence-electron chi connectivity index (χ1n) is 9.55. The Balaban J connectivity index is 1.63. The van der Waals surface area contributed by atoms with Crippen LogP contribution in [0.4, 0.5) is 10.1 Å². The molecule has 2 N–H and O–H groups in total. The molecule has 0 saturated carbocycles. The molecule has 7 heteroatoms. The summed E-state index contributed by atoms with van der Waals surface area (Å²) in [7, 11) is 0. The summed E-state index contributed by atoms with van der Waals surface area (Å²) in [6, 6.07) is 15.4.